The highest BCUT2D eigenvalue weighted by Crippen LogP contribution is 2.38. The largest absolute Gasteiger partial charge is 0.462 e. The van der Waals surface area contributed by atoms with Gasteiger partial charge in [0.1, 0.15) is 42.4 Å². The molecule has 0 bridgehead atoms. The average molecular weight is 842 g/mol. The predicted octanol–water partition coefficient (Wildman–Crippen LogP) is 3.40. The van der Waals surface area contributed by atoms with Gasteiger partial charge in [-0.25, -0.2) is 0 Å². The van der Waals surface area contributed by atoms with Gasteiger partial charge in [0.2, 0.25) is 0 Å². The lowest BCUT2D eigenvalue weighted by Gasteiger charge is -2.50. The first-order valence-electron chi connectivity index (χ1n) is 21.0. The van der Waals surface area contributed by atoms with Crippen molar-refractivity contribution in [2.24, 2.45) is 17.8 Å². The van der Waals surface area contributed by atoms with Crippen molar-refractivity contribution >= 4 is 24.2 Å². The van der Waals surface area contributed by atoms with Gasteiger partial charge in [0.05, 0.1) is 36.9 Å². The van der Waals surface area contributed by atoms with E-state index in [1.807, 2.05) is 26.8 Å². The Bertz CT molecular complexity index is 1400. The van der Waals surface area contributed by atoms with Crippen LogP contribution in [0.5, 0.6) is 0 Å². The molecule has 0 aromatic carbocycles. The highest BCUT2D eigenvalue weighted by Gasteiger charge is 2.53. The van der Waals surface area contributed by atoms with Crippen LogP contribution in [0.1, 0.15) is 100 Å². The Morgan fingerprint density at radius 2 is 1.69 bits per heavy atom. The Labute approximate surface area is 349 Å². The Balaban J connectivity index is 1.99. The second-order valence-electron chi connectivity index (χ2n) is 17.2. The Hall–Kier alpha value is -2.80. The SMILES string of the molecule is CCC(=O)O[C@@H]1CC(=O)O[C@H](C)C/C=C/C=C/[C@H](O)[C@H](C)C[C@H](CC=O)[C@H](OC2OC(C)C(OC3CC(C)(O)C(OC(=O)CC(C)C)C(C)O3)C(N(C)C)C2O)[C@H]1OC. The first kappa shape index (κ1) is 50.6. The van der Waals surface area contributed by atoms with Crippen LogP contribution in [0.25, 0.3) is 0 Å². The molecule has 3 aliphatic rings. The number of likely N-dealkylation sites (N-methyl/N-ethyl adjacent to an activating group) is 1. The fraction of sp³-hybridized carbons (Fsp3) is 0.814. The zero-order chi connectivity index (χ0) is 44.2. The molecule has 0 aromatic heterocycles. The van der Waals surface area contributed by atoms with E-state index in [0.717, 1.165) is 6.29 Å². The third-order valence-electron chi connectivity index (χ3n) is 11.2. The van der Waals surface area contributed by atoms with Crippen LogP contribution in [0.15, 0.2) is 24.3 Å². The smallest absolute Gasteiger partial charge is 0.309 e. The predicted molar refractivity (Wildman–Crippen MR) is 214 cm³/mol. The number of ether oxygens (including phenoxy) is 8. The van der Waals surface area contributed by atoms with Gasteiger partial charge in [0, 0.05) is 39.2 Å². The number of nitrogens with zero attached hydrogens (tertiary/aromatic N) is 1. The van der Waals surface area contributed by atoms with Crippen molar-refractivity contribution in [3.63, 3.8) is 0 Å². The van der Waals surface area contributed by atoms with E-state index in [0.29, 0.717) is 6.42 Å². The Kier molecular flexibility index (Phi) is 20.1. The van der Waals surface area contributed by atoms with Crippen LogP contribution < -0.4 is 0 Å². The van der Waals surface area contributed by atoms with Crippen LogP contribution >= 0.6 is 0 Å². The summed E-state index contributed by atoms with van der Waals surface area (Å²) in [7, 11) is 4.87. The molecule has 2 fully saturated rings. The van der Waals surface area contributed by atoms with E-state index >= 15 is 0 Å². The number of aliphatic hydroxyl groups excluding tert-OH is 2. The molecule has 3 heterocycles. The fourth-order valence-electron chi connectivity index (χ4n) is 8.12. The van der Waals surface area contributed by atoms with Gasteiger partial charge in [-0.2, -0.15) is 0 Å². The van der Waals surface area contributed by atoms with Gasteiger partial charge in [-0.05, 0) is 66.0 Å². The lowest BCUT2D eigenvalue weighted by molar-refractivity contribution is -0.344. The third-order valence-corrected chi connectivity index (χ3v) is 11.2. The first-order valence-corrected chi connectivity index (χ1v) is 21.0. The van der Waals surface area contributed by atoms with E-state index in [2.05, 4.69) is 0 Å². The van der Waals surface area contributed by atoms with Gasteiger partial charge in [-0.1, -0.05) is 52.0 Å². The summed E-state index contributed by atoms with van der Waals surface area (Å²) in [6.45, 7) is 14.0. The van der Waals surface area contributed by atoms with Gasteiger partial charge >= 0.3 is 17.9 Å². The molecule has 0 spiro atoms. The Morgan fingerprint density at radius 3 is 2.29 bits per heavy atom. The standard InChI is InChI=1S/C43H71NO15/c1-12-32(47)56-31-22-34(49)53-26(5)16-14-13-15-17-30(46)25(4)21-29(18-19-45)39(40(31)52-11)59-42-37(50)36(44(9)10)38(27(6)55-42)58-35-23-43(8,51)41(28(7)54-35)57-33(48)20-24(2)3/h13-15,17,19,24-31,35-42,46,50-51H,12,16,18,20-23H2,1-11H3/b14-13+,17-15+/t25-,26-,27?,28?,29+,30+,31-,35?,36?,37?,38?,39+,40+,41?,42?,43?/m1/s1. The number of methoxy groups -OCH3 is 1. The molecule has 3 N–H and O–H groups in total. The van der Waals surface area contributed by atoms with E-state index in [-0.39, 0.29) is 38.0 Å². The van der Waals surface area contributed by atoms with Crippen LogP contribution in [0.3, 0.4) is 0 Å². The summed E-state index contributed by atoms with van der Waals surface area (Å²) in [5.74, 6) is -2.72. The van der Waals surface area contributed by atoms with E-state index in [1.165, 1.54) is 7.11 Å². The molecular formula is C43H71NO15. The van der Waals surface area contributed by atoms with Crippen molar-refractivity contribution in [2.75, 3.05) is 21.2 Å². The van der Waals surface area contributed by atoms with Crippen molar-refractivity contribution in [3.8, 4) is 0 Å². The topological polar surface area (TPSA) is 206 Å². The normalized spacial score (nSPS) is 40.2. The van der Waals surface area contributed by atoms with Crippen LogP contribution in [-0.2, 0) is 57.1 Å². The van der Waals surface area contributed by atoms with Gasteiger partial charge in [-0.3, -0.25) is 14.4 Å². The van der Waals surface area contributed by atoms with Crippen LogP contribution in [-0.4, -0.2) is 151 Å². The van der Waals surface area contributed by atoms with Gasteiger partial charge in [0.25, 0.3) is 0 Å². The summed E-state index contributed by atoms with van der Waals surface area (Å²) < 4.78 is 48.9. The van der Waals surface area contributed by atoms with E-state index < -0.39 is 121 Å². The second-order valence-corrected chi connectivity index (χ2v) is 17.2. The third kappa shape index (κ3) is 14.7. The fourth-order valence-corrected chi connectivity index (χ4v) is 8.12. The van der Waals surface area contributed by atoms with E-state index in [4.69, 9.17) is 37.9 Å². The molecule has 59 heavy (non-hydrogen) atoms. The molecule has 0 aliphatic carbocycles. The van der Waals surface area contributed by atoms with Gasteiger partial charge in [0.15, 0.2) is 18.7 Å². The second kappa shape index (κ2) is 23.4. The van der Waals surface area contributed by atoms with Crippen LogP contribution in [0.4, 0.5) is 0 Å². The number of aldehydes is 1. The molecule has 0 amide bonds. The monoisotopic (exact) mass is 841 g/mol. The number of hydrogen-bond acceptors (Lipinski definition) is 16. The summed E-state index contributed by atoms with van der Waals surface area (Å²) in [5.41, 5.74) is -1.50. The van der Waals surface area contributed by atoms with Crippen LogP contribution in [0.2, 0.25) is 0 Å². The van der Waals surface area contributed by atoms with Crippen molar-refractivity contribution < 1.29 is 72.4 Å². The maximum absolute atomic E-state index is 13.3. The molecular weight excluding hydrogens is 770 g/mol. The number of rotatable bonds is 13. The van der Waals surface area contributed by atoms with Crippen molar-refractivity contribution in [3.05, 3.63) is 24.3 Å². The zero-order valence-corrected chi connectivity index (χ0v) is 36.8. The van der Waals surface area contributed by atoms with E-state index in [1.54, 1.807) is 71.8 Å². The minimum Gasteiger partial charge on any atom is -0.462 e. The maximum atomic E-state index is 13.3. The molecule has 0 radical (unpaired) electrons. The van der Waals surface area contributed by atoms with Crippen LogP contribution in [0, 0.1) is 17.8 Å². The van der Waals surface area contributed by atoms with Gasteiger partial charge < -0.3 is 62.9 Å². The quantitative estimate of drug-likeness (QED) is 0.138. The summed E-state index contributed by atoms with van der Waals surface area (Å²) in [4.78, 5) is 52.8. The molecule has 3 aliphatic heterocycles. The molecule has 3 rings (SSSR count). The molecule has 0 aromatic rings. The molecule has 16 nitrogen and oxygen atoms in total. The highest BCUT2D eigenvalue weighted by atomic mass is 16.7. The minimum absolute atomic E-state index is 0.00123. The number of cyclic esters (lactones) is 1. The highest BCUT2D eigenvalue weighted by molar-refractivity contribution is 5.72. The number of hydrogen-bond donors (Lipinski definition) is 3. The number of carbonyl (C=O) groups is 4. The lowest BCUT2D eigenvalue weighted by atomic mass is 9.82. The van der Waals surface area contributed by atoms with Crippen molar-refractivity contribution in [1.82, 2.24) is 4.90 Å². The minimum atomic E-state index is -1.50. The number of carbonyl (C=O) groups excluding carboxylic acids is 4. The zero-order valence-electron chi connectivity index (χ0n) is 36.8. The molecule has 9 unspecified atom stereocenters. The van der Waals surface area contributed by atoms with Gasteiger partial charge in [-0.15, -0.1) is 0 Å². The average Bonchev–Trinajstić information content (AvgIpc) is 3.13. The maximum Gasteiger partial charge on any atom is 0.309 e. The molecule has 16 heteroatoms. The van der Waals surface area contributed by atoms with Crippen molar-refractivity contribution in [2.45, 2.75) is 186 Å². The van der Waals surface area contributed by atoms with E-state index in [9.17, 15) is 34.5 Å². The molecule has 0 saturated carbocycles. The Morgan fingerprint density at radius 1 is 1.00 bits per heavy atom. The molecule has 338 valence electrons. The first-order chi connectivity index (χ1) is 27.7. The molecule has 16 atom stereocenters. The summed E-state index contributed by atoms with van der Waals surface area (Å²) in [5, 5.41) is 34.7. The number of aliphatic hydroxyl groups is 3. The lowest BCUT2D eigenvalue weighted by Crippen LogP contribution is -2.66. The number of esters is 3. The summed E-state index contributed by atoms with van der Waals surface area (Å²) in [6, 6.07) is -0.782. The molecule has 2 saturated heterocycles. The summed E-state index contributed by atoms with van der Waals surface area (Å²) in [6.07, 6.45) is -4.07. The van der Waals surface area contributed by atoms with Crippen molar-refractivity contribution in [1.29, 1.82) is 0 Å². The number of allylic oxidation sites excluding steroid dienone is 2. The summed E-state index contributed by atoms with van der Waals surface area (Å²) >= 11 is 0.